The summed E-state index contributed by atoms with van der Waals surface area (Å²) in [7, 11) is 0. The first-order valence-corrected chi connectivity index (χ1v) is 8.56. The van der Waals surface area contributed by atoms with Crippen molar-refractivity contribution in [1.82, 2.24) is 20.0 Å². The largest absolute Gasteiger partial charge is 0.435 e. The minimum atomic E-state index is -4.41. The zero-order valence-electron chi connectivity index (χ0n) is 13.7. The Morgan fingerprint density at radius 2 is 2.08 bits per heavy atom. The van der Waals surface area contributed by atoms with Crippen LogP contribution in [0.25, 0.3) is 0 Å². The fourth-order valence-electron chi connectivity index (χ4n) is 3.39. The van der Waals surface area contributed by atoms with Gasteiger partial charge in [0.15, 0.2) is 5.69 Å². The molecule has 8 heteroatoms. The lowest BCUT2D eigenvalue weighted by Crippen LogP contribution is -2.45. The smallest absolute Gasteiger partial charge is 0.335 e. The topological polar surface area (TPSA) is 50.2 Å². The summed E-state index contributed by atoms with van der Waals surface area (Å²) in [5.74, 6) is 0.612. The van der Waals surface area contributed by atoms with E-state index in [4.69, 9.17) is 0 Å². The molecule has 0 spiro atoms. The van der Waals surface area contributed by atoms with Crippen LogP contribution >= 0.6 is 0 Å². The van der Waals surface area contributed by atoms with Gasteiger partial charge in [0.2, 0.25) is 0 Å². The number of piperidine rings is 1. The molecule has 2 atom stereocenters. The van der Waals surface area contributed by atoms with Crippen LogP contribution in [-0.2, 0) is 6.18 Å². The van der Waals surface area contributed by atoms with Crippen LogP contribution in [0, 0.1) is 5.92 Å². The van der Waals surface area contributed by atoms with E-state index in [9.17, 15) is 18.0 Å². The van der Waals surface area contributed by atoms with Crippen LogP contribution in [-0.4, -0.2) is 39.8 Å². The highest BCUT2D eigenvalue weighted by Crippen LogP contribution is 2.35. The molecule has 0 bridgehead atoms. The number of nitrogens with one attached hydrogen (secondary N) is 1. The van der Waals surface area contributed by atoms with Crippen molar-refractivity contribution >= 4 is 6.03 Å². The lowest BCUT2D eigenvalue weighted by Gasteiger charge is -2.32. The highest BCUT2D eigenvalue weighted by atomic mass is 19.4. The number of carbonyl (C=O) groups is 1. The van der Waals surface area contributed by atoms with E-state index in [1.165, 1.54) is 10.9 Å². The molecule has 1 N–H and O–H groups in total. The van der Waals surface area contributed by atoms with Crippen molar-refractivity contribution < 1.29 is 18.0 Å². The van der Waals surface area contributed by atoms with E-state index in [0.717, 1.165) is 25.3 Å². The summed E-state index contributed by atoms with van der Waals surface area (Å²) < 4.78 is 39.2. The summed E-state index contributed by atoms with van der Waals surface area (Å²) in [6.07, 6.45) is 1.54. The van der Waals surface area contributed by atoms with Gasteiger partial charge in [0.25, 0.3) is 0 Å². The van der Waals surface area contributed by atoms with Crippen molar-refractivity contribution in [2.45, 2.75) is 57.3 Å². The zero-order valence-corrected chi connectivity index (χ0v) is 13.7. The van der Waals surface area contributed by atoms with Gasteiger partial charge in [-0.15, -0.1) is 0 Å². The second-order valence-electron chi connectivity index (χ2n) is 6.74. The molecule has 1 aromatic rings. The first-order chi connectivity index (χ1) is 11.4. The van der Waals surface area contributed by atoms with E-state index in [2.05, 4.69) is 17.3 Å². The number of carbonyl (C=O) groups excluding carboxylic acids is 1. The van der Waals surface area contributed by atoms with Gasteiger partial charge >= 0.3 is 12.2 Å². The quantitative estimate of drug-likeness (QED) is 0.910. The Morgan fingerprint density at radius 3 is 2.67 bits per heavy atom. The molecule has 1 saturated heterocycles. The molecule has 3 rings (SSSR count). The Morgan fingerprint density at radius 1 is 1.38 bits per heavy atom. The Balaban J connectivity index is 1.47. The van der Waals surface area contributed by atoms with Crippen molar-refractivity contribution in [3.8, 4) is 0 Å². The van der Waals surface area contributed by atoms with Gasteiger partial charge < -0.3 is 10.2 Å². The Kier molecular flexibility index (Phi) is 4.73. The first-order valence-electron chi connectivity index (χ1n) is 8.56. The molecule has 2 amide bonds. The number of urea groups is 1. The van der Waals surface area contributed by atoms with Gasteiger partial charge in [-0.2, -0.15) is 18.3 Å². The maximum Gasteiger partial charge on any atom is 0.435 e. The summed E-state index contributed by atoms with van der Waals surface area (Å²) in [5, 5.41) is 6.69. The number of hydrogen-bond acceptors (Lipinski definition) is 2. The second-order valence-corrected chi connectivity index (χ2v) is 6.74. The lowest BCUT2D eigenvalue weighted by molar-refractivity contribution is -0.141. The van der Waals surface area contributed by atoms with Crippen LogP contribution in [0.2, 0.25) is 0 Å². The summed E-state index contributed by atoms with van der Waals surface area (Å²) in [6.45, 7) is 3.23. The molecular weight excluding hydrogens is 321 g/mol. The number of alkyl halides is 3. The number of rotatable bonds is 4. The second kappa shape index (κ2) is 6.64. The van der Waals surface area contributed by atoms with Gasteiger partial charge in [0, 0.05) is 25.3 Å². The van der Waals surface area contributed by atoms with Crippen molar-refractivity contribution in [3.05, 3.63) is 18.0 Å². The molecule has 2 unspecified atom stereocenters. The summed E-state index contributed by atoms with van der Waals surface area (Å²) in [4.78, 5) is 14.0. The number of nitrogens with zero attached hydrogens (tertiary/aromatic N) is 3. The van der Waals surface area contributed by atoms with Gasteiger partial charge in [0.1, 0.15) is 0 Å². The van der Waals surface area contributed by atoms with Gasteiger partial charge in [-0.1, -0.05) is 13.3 Å². The van der Waals surface area contributed by atoms with Gasteiger partial charge in [-0.05, 0) is 37.7 Å². The van der Waals surface area contributed by atoms with Crippen molar-refractivity contribution in [1.29, 1.82) is 0 Å². The lowest BCUT2D eigenvalue weighted by atomic mass is 10.1. The van der Waals surface area contributed by atoms with Gasteiger partial charge in [-0.3, -0.25) is 4.68 Å². The van der Waals surface area contributed by atoms with Crippen LogP contribution in [0.1, 0.15) is 50.8 Å². The Labute approximate surface area is 139 Å². The van der Waals surface area contributed by atoms with E-state index in [-0.39, 0.29) is 12.1 Å². The molecule has 1 aliphatic carbocycles. The number of aromatic nitrogens is 2. The predicted molar refractivity (Wildman–Crippen MR) is 82.4 cm³/mol. The molecule has 1 saturated carbocycles. The molecule has 0 aromatic carbocycles. The summed E-state index contributed by atoms with van der Waals surface area (Å²) >= 11 is 0. The average molecular weight is 344 g/mol. The summed E-state index contributed by atoms with van der Waals surface area (Å²) in [6, 6.07) is 1.17. The van der Waals surface area contributed by atoms with Crippen LogP contribution in [0.3, 0.4) is 0 Å². The van der Waals surface area contributed by atoms with Gasteiger partial charge in [0.05, 0.1) is 6.04 Å². The normalized spacial score (nSPS) is 24.9. The van der Waals surface area contributed by atoms with Crippen LogP contribution in [0.5, 0.6) is 0 Å². The highest BCUT2D eigenvalue weighted by Gasteiger charge is 2.38. The number of likely N-dealkylation sites (tertiary alicyclic amines) is 1. The standard InChI is InChI=1S/C16H23F3N4O/c1-2-3-11-10-13(11)20-15(24)22-7-4-12(5-8-22)23-9-6-14(21-23)16(17,18)19/h6,9,11-13H,2-5,7-8,10H2,1H3,(H,20,24). The van der Waals surface area contributed by atoms with Gasteiger partial charge in [-0.25, -0.2) is 4.79 Å². The number of halogens is 3. The zero-order chi connectivity index (χ0) is 17.3. The number of amides is 2. The molecule has 2 heterocycles. The minimum absolute atomic E-state index is 0.0477. The molecule has 1 aromatic heterocycles. The molecule has 0 radical (unpaired) electrons. The van der Waals surface area contributed by atoms with E-state index in [1.807, 2.05) is 0 Å². The molecular formula is C16H23F3N4O. The Hall–Kier alpha value is -1.73. The molecule has 24 heavy (non-hydrogen) atoms. The highest BCUT2D eigenvalue weighted by molar-refractivity contribution is 5.75. The van der Waals surface area contributed by atoms with E-state index < -0.39 is 11.9 Å². The first kappa shape index (κ1) is 17.1. The predicted octanol–water partition coefficient (Wildman–Crippen LogP) is 3.44. The molecule has 134 valence electrons. The van der Waals surface area contributed by atoms with E-state index in [0.29, 0.717) is 37.9 Å². The van der Waals surface area contributed by atoms with Crippen molar-refractivity contribution in [2.75, 3.05) is 13.1 Å². The van der Waals surface area contributed by atoms with Crippen molar-refractivity contribution in [3.63, 3.8) is 0 Å². The third-order valence-corrected chi connectivity index (χ3v) is 4.92. The van der Waals surface area contributed by atoms with Crippen molar-refractivity contribution in [2.24, 2.45) is 5.92 Å². The van der Waals surface area contributed by atoms with E-state index >= 15 is 0 Å². The minimum Gasteiger partial charge on any atom is -0.335 e. The Bertz CT molecular complexity index is 578. The average Bonchev–Trinajstić information content (AvgIpc) is 3.07. The van der Waals surface area contributed by atoms with Crippen LogP contribution < -0.4 is 5.32 Å². The monoisotopic (exact) mass is 344 g/mol. The molecule has 5 nitrogen and oxygen atoms in total. The molecule has 2 aliphatic rings. The maximum atomic E-state index is 12.6. The van der Waals surface area contributed by atoms with Crippen LogP contribution in [0.4, 0.5) is 18.0 Å². The van der Waals surface area contributed by atoms with Crippen LogP contribution in [0.15, 0.2) is 12.3 Å². The SMILES string of the molecule is CCCC1CC1NC(=O)N1CCC(n2ccc(C(F)(F)F)n2)CC1. The molecule has 1 aliphatic heterocycles. The molecule has 2 fully saturated rings. The van der Waals surface area contributed by atoms with E-state index in [1.54, 1.807) is 4.90 Å². The summed E-state index contributed by atoms with van der Waals surface area (Å²) in [5.41, 5.74) is -0.863. The fourth-order valence-corrected chi connectivity index (χ4v) is 3.39. The third-order valence-electron chi connectivity index (χ3n) is 4.92. The maximum absolute atomic E-state index is 12.6. The number of hydrogen-bond donors (Lipinski definition) is 1. The third kappa shape index (κ3) is 3.84. The fraction of sp³-hybridized carbons (Fsp3) is 0.750.